The van der Waals surface area contributed by atoms with Crippen LogP contribution in [0.15, 0.2) is 72.8 Å². The fourth-order valence-corrected chi connectivity index (χ4v) is 9.89. The Morgan fingerprint density at radius 2 is 1.20 bits per heavy atom. The molecule has 0 saturated heterocycles. The molecule has 1 aliphatic carbocycles. The van der Waals surface area contributed by atoms with Gasteiger partial charge in [-0.05, 0) is 83.6 Å². The highest BCUT2D eigenvalue weighted by atomic mass is 32.1. The van der Waals surface area contributed by atoms with Crippen LogP contribution < -0.4 is 5.73 Å². The normalized spacial score (nSPS) is 12.9. The number of aromatic nitrogens is 1. The van der Waals surface area contributed by atoms with Gasteiger partial charge in [0.25, 0.3) is 0 Å². The highest BCUT2D eigenvalue weighted by molar-refractivity contribution is 7.25. The lowest BCUT2D eigenvalue weighted by Gasteiger charge is -2.33. The molecule has 262 valence electrons. The third-order valence-electron chi connectivity index (χ3n) is 10.7. The molecule has 3 aromatic carbocycles. The van der Waals surface area contributed by atoms with Crippen molar-refractivity contribution in [3.63, 3.8) is 0 Å². The molecule has 2 aromatic heterocycles. The van der Waals surface area contributed by atoms with Crippen LogP contribution in [0.3, 0.4) is 0 Å². The number of thiophene rings is 1. The number of nitrogen functional groups attached to an aromatic ring is 1. The van der Waals surface area contributed by atoms with E-state index in [4.69, 9.17) is 10.7 Å². The number of hydrogen-bond donors (Lipinski definition) is 1. The fourth-order valence-electron chi connectivity index (χ4n) is 8.01. The van der Waals surface area contributed by atoms with E-state index in [-0.39, 0.29) is 5.41 Å². The molecule has 0 radical (unpaired) electrons. The lowest BCUT2D eigenvalue weighted by Crippen LogP contribution is -2.26. The molecule has 4 heteroatoms. The van der Waals surface area contributed by atoms with Crippen LogP contribution in [0.5, 0.6) is 0 Å². The number of unbranched alkanes of at least 4 members (excludes halogenated alkanes) is 14. The van der Waals surface area contributed by atoms with E-state index in [2.05, 4.69) is 98.5 Å². The Hall–Kier alpha value is -3.39. The zero-order chi connectivity index (χ0) is 34.6. The molecule has 0 saturated carbocycles. The molecule has 0 atom stereocenters. The first-order chi connectivity index (χ1) is 24.6. The summed E-state index contributed by atoms with van der Waals surface area (Å²) in [5, 5.41) is 1.07. The van der Waals surface area contributed by atoms with E-state index in [1.54, 1.807) is 22.7 Å². The topological polar surface area (TPSA) is 38.9 Å². The molecule has 0 spiro atoms. The van der Waals surface area contributed by atoms with Crippen molar-refractivity contribution in [2.75, 3.05) is 5.73 Å². The molecule has 1 aliphatic rings. The minimum Gasteiger partial charge on any atom is -0.399 e. The van der Waals surface area contributed by atoms with Crippen LogP contribution in [0.4, 0.5) is 5.69 Å². The summed E-state index contributed by atoms with van der Waals surface area (Å²) < 4.78 is 1.23. The number of anilines is 1. The van der Waals surface area contributed by atoms with Crippen LogP contribution in [0, 0.1) is 11.8 Å². The molecule has 0 fully saturated rings. The molecule has 0 unspecified atom stereocenters. The Bertz CT molecular complexity index is 1830. The summed E-state index contributed by atoms with van der Waals surface area (Å²) in [5.74, 6) is 7.10. The molecular weight excluding hydrogens is 645 g/mol. The second-order valence-corrected chi connectivity index (χ2v) is 16.6. The summed E-state index contributed by atoms with van der Waals surface area (Å²) in [6.07, 6.45) is 23.9. The SMILES string of the molecule is CCCCCCCCCCC1(CCCCCCCCCC)c2cc(N)ccc2-c2ccc(C#Cc3ccc(-c4nc5ccccc5s4)s3)cc21. The molecule has 0 amide bonds. The minimum absolute atomic E-state index is 0.00507. The minimum atomic E-state index is 0.00507. The molecule has 0 bridgehead atoms. The first-order valence-corrected chi connectivity index (χ1v) is 21.3. The summed E-state index contributed by atoms with van der Waals surface area (Å²) in [5.41, 5.74) is 15.3. The largest absolute Gasteiger partial charge is 0.399 e. The first kappa shape index (κ1) is 36.4. The van der Waals surface area contributed by atoms with Crippen LogP contribution in [0.2, 0.25) is 0 Å². The Morgan fingerprint density at radius 3 is 1.86 bits per heavy atom. The van der Waals surface area contributed by atoms with Crippen molar-refractivity contribution in [2.45, 2.75) is 135 Å². The maximum atomic E-state index is 6.54. The number of para-hydroxylation sites is 1. The van der Waals surface area contributed by atoms with E-state index in [0.29, 0.717) is 0 Å². The summed E-state index contributed by atoms with van der Waals surface area (Å²) in [7, 11) is 0. The van der Waals surface area contributed by atoms with Gasteiger partial charge in [-0.3, -0.25) is 0 Å². The van der Waals surface area contributed by atoms with E-state index in [1.807, 2.05) is 0 Å². The van der Waals surface area contributed by atoms with Gasteiger partial charge < -0.3 is 5.73 Å². The third kappa shape index (κ3) is 8.90. The molecule has 2 N–H and O–H groups in total. The molecular formula is C46H56N2S2. The van der Waals surface area contributed by atoms with Crippen LogP contribution in [0.25, 0.3) is 31.2 Å². The number of benzene rings is 3. The van der Waals surface area contributed by atoms with E-state index in [9.17, 15) is 0 Å². The van der Waals surface area contributed by atoms with Gasteiger partial charge in [0.15, 0.2) is 0 Å². The zero-order valence-corrected chi connectivity index (χ0v) is 32.1. The predicted molar refractivity (Wildman–Crippen MR) is 220 cm³/mol. The van der Waals surface area contributed by atoms with E-state index in [0.717, 1.165) is 26.7 Å². The average Bonchev–Trinajstić information content (AvgIpc) is 3.85. The maximum Gasteiger partial charge on any atom is 0.134 e. The third-order valence-corrected chi connectivity index (χ3v) is 12.9. The van der Waals surface area contributed by atoms with Gasteiger partial charge in [-0.25, -0.2) is 4.98 Å². The van der Waals surface area contributed by atoms with Crippen LogP contribution in [-0.4, -0.2) is 4.98 Å². The second kappa shape index (κ2) is 18.2. The van der Waals surface area contributed by atoms with Crippen LogP contribution >= 0.6 is 22.7 Å². The van der Waals surface area contributed by atoms with E-state index < -0.39 is 0 Å². The van der Waals surface area contributed by atoms with Crippen molar-refractivity contribution in [1.29, 1.82) is 0 Å². The van der Waals surface area contributed by atoms with E-state index >= 15 is 0 Å². The van der Waals surface area contributed by atoms with Gasteiger partial charge in [0.2, 0.25) is 0 Å². The lowest BCUT2D eigenvalue weighted by molar-refractivity contribution is 0.397. The Morgan fingerprint density at radius 1 is 0.600 bits per heavy atom. The maximum absolute atomic E-state index is 6.54. The standard InChI is InChI=1S/C46H56N2S2/c1-3-5-7-9-11-13-15-19-31-46(32-20-16-14-12-10-8-6-4-2)40-33-35(24-28-38(40)39-29-25-36(47)34-41(39)46)23-26-37-27-30-44(49-37)45-48-42-21-17-18-22-43(42)50-45/h17-18,21-22,24-25,27-30,33-34H,3-16,19-20,31-32,47H2,1-2H3. The number of rotatable bonds is 19. The van der Waals surface area contributed by atoms with Crippen LogP contribution in [-0.2, 0) is 5.41 Å². The fraction of sp³-hybridized carbons (Fsp3) is 0.457. The van der Waals surface area contributed by atoms with Gasteiger partial charge in [-0.1, -0.05) is 153 Å². The Kier molecular flexibility index (Phi) is 13.3. The Labute approximate surface area is 310 Å². The van der Waals surface area contributed by atoms with Gasteiger partial charge in [0.1, 0.15) is 5.01 Å². The summed E-state index contributed by atoms with van der Waals surface area (Å²) in [4.78, 5) is 7.14. The number of fused-ring (bicyclic) bond motifs is 4. The summed E-state index contributed by atoms with van der Waals surface area (Å²) >= 11 is 3.50. The highest BCUT2D eigenvalue weighted by Gasteiger charge is 2.42. The molecule has 6 rings (SSSR count). The molecule has 2 heterocycles. The monoisotopic (exact) mass is 700 g/mol. The highest BCUT2D eigenvalue weighted by Crippen LogP contribution is 2.55. The quantitative estimate of drug-likeness (QED) is 0.0529. The lowest BCUT2D eigenvalue weighted by atomic mass is 9.70. The van der Waals surface area contributed by atoms with Crippen molar-refractivity contribution in [1.82, 2.24) is 4.98 Å². The molecule has 0 aliphatic heterocycles. The smallest absolute Gasteiger partial charge is 0.134 e. The van der Waals surface area contributed by atoms with Gasteiger partial charge in [-0.2, -0.15) is 0 Å². The average molecular weight is 701 g/mol. The molecule has 2 nitrogen and oxygen atoms in total. The van der Waals surface area contributed by atoms with Crippen molar-refractivity contribution in [3.05, 3.63) is 94.4 Å². The predicted octanol–water partition coefficient (Wildman–Crippen LogP) is 14.3. The summed E-state index contributed by atoms with van der Waals surface area (Å²) in [6, 6.07) is 26.4. The van der Waals surface area contributed by atoms with Gasteiger partial charge >= 0.3 is 0 Å². The zero-order valence-electron chi connectivity index (χ0n) is 30.5. The van der Waals surface area contributed by atoms with Crippen molar-refractivity contribution < 1.29 is 0 Å². The number of thiazole rings is 1. The molecule has 5 aromatic rings. The van der Waals surface area contributed by atoms with E-state index in [1.165, 1.54) is 147 Å². The number of nitrogens with zero attached hydrogens (tertiary/aromatic N) is 1. The Balaban J connectivity index is 1.23. The van der Waals surface area contributed by atoms with Crippen molar-refractivity contribution in [2.24, 2.45) is 0 Å². The van der Waals surface area contributed by atoms with Crippen molar-refractivity contribution in [3.8, 4) is 32.9 Å². The van der Waals surface area contributed by atoms with Gasteiger partial charge in [0, 0.05) is 16.7 Å². The van der Waals surface area contributed by atoms with Crippen molar-refractivity contribution >= 4 is 38.6 Å². The van der Waals surface area contributed by atoms with Gasteiger partial charge in [-0.15, -0.1) is 22.7 Å². The number of hydrogen-bond acceptors (Lipinski definition) is 4. The molecule has 50 heavy (non-hydrogen) atoms. The summed E-state index contributed by atoms with van der Waals surface area (Å²) in [6.45, 7) is 4.60. The second-order valence-electron chi connectivity index (χ2n) is 14.5. The first-order valence-electron chi connectivity index (χ1n) is 19.6. The van der Waals surface area contributed by atoms with Gasteiger partial charge in [0.05, 0.1) is 20.0 Å². The van der Waals surface area contributed by atoms with Crippen LogP contribution in [0.1, 0.15) is 151 Å². The number of nitrogens with two attached hydrogens (primary N) is 1.